The average molecular weight is 785 g/mol. The molecule has 2 aliphatic carbocycles. The highest BCUT2D eigenvalue weighted by Gasteiger charge is 2.76. The molecule has 2 aromatic heterocycles. The number of aliphatic carboxylic acids is 1. The van der Waals surface area contributed by atoms with Gasteiger partial charge in [0.25, 0.3) is 0 Å². The molecule has 2 saturated heterocycles. The summed E-state index contributed by atoms with van der Waals surface area (Å²) in [5.74, 6) is 0.0226. The Bertz CT molecular complexity index is 2180. The summed E-state index contributed by atoms with van der Waals surface area (Å²) in [5, 5.41) is 24.7. The van der Waals surface area contributed by atoms with Crippen LogP contribution >= 0.6 is 35.0 Å². The van der Waals surface area contributed by atoms with Gasteiger partial charge in [0.1, 0.15) is 0 Å². The lowest BCUT2D eigenvalue weighted by Gasteiger charge is -2.79. The van der Waals surface area contributed by atoms with Crippen LogP contribution in [0.1, 0.15) is 55.8 Å². The summed E-state index contributed by atoms with van der Waals surface area (Å²) in [7, 11) is 0. The number of carboxylic acid groups (broad SMARTS) is 1. The SMILES string of the molecule is CCc1nc(-c2cccc(-c3cccc(Nc4nccc5c4NC(CN4C6CCC67C(C(=O)O)CC47)S5)c3Cl)c2Cl)cc(C)c1CNC[C@@H]1CCC(=O)N1. The number of carboxylic acids is 1. The van der Waals surface area contributed by atoms with Crippen molar-refractivity contribution in [3.63, 3.8) is 0 Å². The van der Waals surface area contributed by atoms with Crippen molar-refractivity contribution in [2.24, 2.45) is 11.3 Å². The standard InChI is InChI=1S/C41H43Cl2N7O3S/c1-3-28-26(19-44-18-22-10-11-34(51)46-22)21(2)16-30(47-28)25-8-4-6-23(36(25)42)24-7-5-9-29(37(24)43)48-39-38-31(13-15-45-39)54-35(49-38)20-50-32-12-14-41(32)27(40(52)53)17-33(41)50/h4-9,13,15-16,22,27,32-33,35,44,49H,3,10-12,14,17-20H2,1-2H3,(H,45,48)(H,46,51)(H,52,53)/t22-,27?,32?,33?,35?,41?/m0/s1. The van der Waals surface area contributed by atoms with Crippen LogP contribution in [0.5, 0.6) is 0 Å². The molecule has 2 aromatic carbocycles. The van der Waals surface area contributed by atoms with Gasteiger partial charge in [-0.15, -0.1) is 0 Å². The fourth-order valence-electron chi connectivity index (χ4n) is 9.71. The molecular weight excluding hydrogens is 741 g/mol. The molecule has 5 aliphatic rings. The highest BCUT2D eigenvalue weighted by atomic mass is 35.5. The number of hydrogen-bond donors (Lipinski definition) is 5. The molecule has 5 N–H and O–H groups in total. The number of piperidine rings is 2. The van der Waals surface area contributed by atoms with Crippen molar-refractivity contribution in [2.75, 3.05) is 23.7 Å². The van der Waals surface area contributed by atoms with Gasteiger partial charge < -0.3 is 26.4 Å². The van der Waals surface area contributed by atoms with Gasteiger partial charge in [0.2, 0.25) is 5.91 Å². The van der Waals surface area contributed by atoms with Crippen molar-refractivity contribution in [3.05, 3.63) is 81.6 Å². The van der Waals surface area contributed by atoms with E-state index >= 15 is 0 Å². The van der Waals surface area contributed by atoms with E-state index in [9.17, 15) is 14.7 Å². The number of thioether (sulfide) groups is 1. The van der Waals surface area contributed by atoms with E-state index in [2.05, 4.69) is 46.1 Å². The predicted octanol–water partition coefficient (Wildman–Crippen LogP) is 7.88. The molecule has 1 spiro atoms. The Balaban J connectivity index is 0.913. The van der Waals surface area contributed by atoms with Crippen LogP contribution in [0.25, 0.3) is 22.4 Å². The van der Waals surface area contributed by atoms with E-state index in [1.54, 1.807) is 11.8 Å². The van der Waals surface area contributed by atoms with E-state index < -0.39 is 5.97 Å². The summed E-state index contributed by atoms with van der Waals surface area (Å²) in [6.07, 6.45) is 6.94. The molecule has 9 rings (SSSR count). The van der Waals surface area contributed by atoms with E-state index in [4.69, 9.17) is 33.2 Å². The van der Waals surface area contributed by atoms with Crippen molar-refractivity contribution in [1.29, 1.82) is 0 Å². The number of anilines is 3. The first-order valence-electron chi connectivity index (χ1n) is 18.9. The lowest BCUT2D eigenvalue weighted by atomic mass is 9.38. The molecule has 54 heavy (non-hydrogen) atoms. The van der Waals surface area contributed by atoms with Crippen molar-refractivity contribution in [1.82, 2.24) is 25.5 Å². The molecule has 3 aliphatic heterocycles. The van der Waals surface area contributed by atoms with E-state index in [-0.39, 0.29) is 28.7 Å². The van der Waals surface area contributed by atoms with E-state index in [1.807, 2.05) is 48.7 Å². The van der Waals surface area contributed by atoms with Crippen molar-refractivity contribution in [3.8, 4) is 22.4 Å². The Morgan fingerprint density at radius 2 is 1.87 bits per heavy atom. The normalized spacial score (nSPS) is 26.4. The van der Waals surface area contributed by atoms with Crippen LogP contribution in [-0.4, -0.2) is 68.4 Å². The molecule has 280 valence electrons. The zero-order valence-electron chi connectivity index (χ0n) is 30.2. The van der Waals surface area contributed by atoms with Crippen LogP contribution < -0.4 is 21.3 Å². The molecular formula is C41H43Cl2N7O3S. The van der Waals surface area contributed by atoms with Crippen LogP contribution in [0.2, 0.25) is 10.0 Å². The molecule has 5 heterocycles. The van der Waals surface area contributed by atoms with Gasteiger partial charge in [0.05, 0.1) is 38.4 Å². The smallest absolute Gasteiger partial charge is 0.307 e. The fraction of sp³-hybridized carbons (Fsp3) is 0.415. The van der Waals surface area contributed by atoms with Crippen LogP contribution in [0, 0.1) is 18.3 Å². The maximum atomic E-state index is 11.8. The second-order valence-corrected chi connectivity index (χ2v) is 17.3. The summed E-state index contributed by atoms with van der Waals surface area (Å²) < 4.78 is 0. The summed E-state index contributed by atoms with van der Waals surface area (Å²) >= 11 is 16.2. The molecule has 5 unspecified atom stereocenters. The lowest BCUT2D eigenvalue weighted by molar-refractivity contribution is -0.297. The summed E-state index contributed by atoms with van der Waals surface area (Å²) in [4.78, 5) is 36.9. The molecule has 6 atom stereocenters. The third-order valence-corrected chi connectivity index (χ3v) is 14.5. The van der Waals surface area contributed by atoms with Crippen molar-refractivity contribution < 1.29 is 14.7 Å². The second kappa shape index (κ2) is 14.0. The minimum absolute atomic E-state index is 0.0217. The second-order valence-electron chi connectivity index (χ2n) is 15.3. The number of nitrogens with one attached hydrogen (secondary N) is 4. The van der Waals surface area contributed by atoms with Gasteiger partial charge in [-0.2, -0.15) is 0 Å². The molecule has 0 bridgehead atoms. The first-order chi connectivity index (χ1) is 26.2. The largest absolute Gasteiger partial charge is 0.481 e. The number of rotatable bonds is 12. The Morgan fingerprint density at radius 1 is 1.07 bits per heavy atom. The number of amides is 1. The molecule has 4 fully saturated rings. The number of fused-ring (bicyclic) bond motifs is 1. The summed E-state index contributed by atoms with van der Waals surface area (Å²) in [5.41, 5.74) is 8.29. The number of pyridine rings is 2. The van der Waals surface area contributed by atoms with Gasteiger partial charge in [0.15, 0.2) is 5.82 Å². The quantitative estimate of drug-likeness (QED) is 0.0968. The Hall–Kier alpha value is -3.87. The number of benzene rings is 2. The number of likely N-dealkylation sites (tertiary alicyclic amines) is 1. The molecule has 0 radical (unpaired) electrons. The number of aromatic nitrogens is 2. The third-order valence-electron chi connectivity index (χ3n) is 12.5. The minimum atomic E-state index is -0.628. The fourth-order valence-corrected chi connectivity index (χ4v) is 11.5. The average Bonchev–Trinajstić information content (AvgIpc) is 3.74. The van der Waals surface area contributed by atoms with Gasteiger partial charge in [-0.1, -0.05) is 72.2 Å². The first-order valence-corrected chi connectivity index (χ1v) is 20.5. The third kappa shape index (κ3) is 5.85. The van der Waals surface area contributed by atoms with Crippen LogP contribution in [0.4, 0.5) is 17.2 Å². The zero-order valence-corrected chi connectivity index (χ0v) is 32.5. The monoisotopic (exact) mass is 783 g/mol. The minimum Gasteiger partial charge on any atom is -0.481 e. The maximum absolute atomic E-state index is 11.8. The zero-order chi connectivity index (χ0) is 37.3. The highest BCUT2D eigenvalue weighted by molar-refractivity contribution is 8.00. The van der Waals surface area contributed by atoms with E-state index in [0.717, 1.165) is 95.1 Å². The van der Waals surface area contributed by atoms with Gasteiger partial charge in [-0.25, -0.2) is 4.98 Å². The van der Waals surface area contributed by atoms with Crippen LogP contribution in [0.15, 0.2) is 59.6 Å². The number of hydrogen-bond acceptors (Lipinski definition) is 9. The van der Waals surface area contributed by atoms with Gasteiger partial charge in [-0.05, 0) is 68.4 Å². The summed E-state index contributed by atoms with van der Waals surface area (Å²) in [6.45, 7) is 6.50. The Morgan fingerprint density at radius 3 is 2.59 bits per heavy atom. The number of carbonyl (C=O) groups excluding carboxylic acids is 1. The highest BCUT2D eigenvalue weighted by Crippen LogP contribution is 2.71. The number of carbonyl (C=O) groups is 2. The lowest BCUT2D eigenvalue weighted by Crippen LogP contribution is -2.86. The van der Waals surface area contributed by atoms with Crippen LogP contribution in [-0.2, 0) is 22.6 Å². The number of nitrogens with zero attached hydrogens (tertiary/aromatic N) is 3. The molecule has 13 heteroatoms. The first kappa shape index (κ1) is 35.8. The molecule has 4 aromatic rings. The molecule has 1 amide bonds. The van der Waals surface area contributed by atoms with Crippen molar-refractivity contribution >= 4 is 64.0 Å². The van der Waals surface area contributed by atoms with Gasteiger partial charge >= 0.3 is 5.97 Å². The maximum Gasteiger partial charge on any atom is 0.307 e. The van der Waals surface area contributed by atoms with Crippen molar-refractivity contribution in [2.45, 2.75) is 87.3 Å². The molecule has 2 saturated carbocycles. The Labute approximate surface area is 329 Å². The van der Waals surface area contributed by atoms with Gasteiger partial charge in [-0.3, -0.25) is 19.5 Å². The predicted molar refractivity (Wildman–Crippen MR) is 215 cm³/mol. The Kier molecular flexibility index (Phi) is 9.29. The number of aryl methyl sites for hydroxylation is 2. The molecule has 10 nitrogen and oxygen atoms in total. The number of halogens is 2. The van der Waals surface area contributed by atoms with Crippen LogP contribution in [0.3, 0.4) is 0 Å². The summed E-state index contributed by atoms with van der Waals surface area (Å²) in [6, 6.07) is 17.0. The topological polar surface area (TPSA) is 132 Å². The van der Waals surface area contributed by atoms with Gasteiger partial charge in [0, 0.05) is 83.1 Å². The van der Waals surface area contributed by atoms with E-state index in [1.165, 1.54) is 5.56 Å². The van der Waals surface area contributed by atoms with E-state index in [0.29, 0.717) is 40.9 Å².